The number of hydrogen-bond acceptors (Lipinski definition) is 7. The Bertz CT molecular complexity index is 1180. The summed E-state index contributed by atoms with van der Waals surface area (Å²) >= 11 is 12.4. The molecule has 3 aromatic rings. The first kappa shape index (κ1) is 21.0. The lowest BCUT2D eigenvalue weighted by atomic mass is 10.2. The molecule has 10 heteroatoms. The number of amides is 1. The Morgan fingerprint density at radius 3 is 2.71 bits per heavy atom. The first-order chi connectivity index (χ1) is 14.9. The number of carbonyl (C=O) groups excluding carboxylic acids is 2. The average Bonchev–Trinajstić information content (AvgIpc) is 3.19. The second-order valence-electron chi connectivity index (χ2n) is 6.58. The highest BCUT2D eigenvalue weighted by molar-refractivity contribution is 6.39. The van der Waals surface area contributed by atoms with E-state index in [-0.39, 0.29) is 17.6 Å². The van der Waals surface area contributed by atoms with E-state index < -0.39 is 25.1 Å². The maximum atomic E-state index is 12.1. The number of fused-ring (bicyclic) bond motifs is 2. The zero-order valence-corrected chi connectivity index (χ0v) is 17.7. The largest absolute Gasteiger partial charge is 0.478 e. The molecule has 31 heavy (non-hydrogen) atoms. The number of rotatable bonds is 6. The topological polar surface area (TPSA) is 96.0 Å². The van der Waals surface area contributed by atoms with Gasteiger partial charge in [-0.1, -0.05) is 23.2 Å². The molecule has 1 aliphatic heterocycles. The van der Waals surface area contributed by atoms with Crippen LogP contribution in [0, 0.1) is 6.92 Å². The first-order valence-corrected chi connectivity index (χ1v) is 9.89. The number of nitrogens with zero attached hydrogens (tertiary/aromatic N) is 1. The molecule has 0 radical (unpaired) electrons. The molecule has 0 unspecified atom stereocenters. The summed E-state index contributed by atoms with van der Waals surface area (Å²) in [5, 5.41) is 3.88. The second kappa shape index (κ2) is 8.87. The second-order valence-corrected chi connectivity index (χ2v) is 7.40. The normalized spacial score (nSPS) is 12.0. The minimum absolute atomic E-state index is 0.131. The fourth-order valence-corrected chi connectivity index (χ4v) is 3.49. The summed E-state index contributed by atoms with van der Waals surface area (Å²) in [5.74, 6) is 0.0809. The number of benzene rings is 2. The molecule has 4 rings (SSSR count). The third-order valence-corrected chi connectivity index (χ3v) is 4.93. The predicted octanol–water partition coefficient (Wildman–Crippen LogP) is 4.14. The molecule has 2 heterocycles. The Hall–Kier alpha value is -3.23. The van der Waals surface area contributed by atoms with E-state index in [9.17, 15) is 9.59 Å². The van der Waals surface area contributed by atoms with Crippen molar-refractivity contribution in [1.82, 2.24) is 4.98 Å². The molecule has 0 fully saturated rings. The van der Waals surface area contributed by atoms with Crippen LogP contribution in [-0.4, -0.2) is 36.9 Å². The third-order valence-electron chi connectivity index (χ3n) is 4.33. The van der Waals surface area contributed by atoms with Crippen molar-refractivity contribution in [3.05, 3.63) is 52.1 Å². The van der Waals surface area contributed by atoms with Crippen molar-refractivity contribution in [3.63, 3.8) is 0 Å². The Labute approximate surface area is 187 Å². The molecule has 1 amide bonds. The molecule has 0 saturated carbocycles. The van der Waals surface area contributed by atoms with Gasteiger partial charge in [0.15, 0.2) is 30.5 Å². The molecular formula is C21H16Cl2N2O6. The zero-order valence-electron chi connectivity index (χ0n) is 16.2. The van der Waals surface area contributed by atoms with E-state index in [1.165, 1.54) is 6.07 Å². The zero-order chi connectivity index (χ0) is 22.0. The van der Waals surface area contributed by atoms with E-state index in [1.807, 2.05) is 6.92 Å². The van der Waals surface area contributed by atoms with Crippen molar-refractivity contribution in [1.29, 1.82) is 0 Å². The summed E-state index contributed by atoms with van der Waals surface area (Å²) in [6.45, 7) is 1.00. The van der Waals surface area contributed by atoms with Gasteiger partial charge in [0.05, 0.1) is 10.0 Å². The van der Waals surface area contributed by atoms with Gasteiger partial charge in [-0.15, -0.1) is 0 Å². The molecule has 1 aromatic heterocycles. The van der Waals surface area contributed by atoms with Crippen molar-refractivity contribution in [2.45, 2.75) is 6.92 Å². The predicted molar refractivity (Wildman–Crippen MR) is 114 cm³/mol. The van der Waals surface area contributed by atoms with Crippen LogP contribution in [-0.2, 0) is 14.3 Å². The molecular weight excluding hydrogens is 447 g/mol. The minimum Gasteiger partial charge on any atom is -0.478 e. The van der Waals surface area contributed by atoms with Gasteiger partial charge >= 0.3 is 5.97 Å². The van der Waals surface area contributed by atoms with E-state index in [4.69, 9.17) is 42.1 Å². The smallest absolute Gasteiger partial charge is 0.344 e. The van der Waals surface area contributed by atoms with Gasteiger partial charge in [-0.05, 0) is 37.3 Å². The molecule has 0 bridgehead atoms. The summed E-state index contributed by atoms with van der Waals surface area (Å²) in [7, 11) is 0. The fourth-order valence-electron chi connectivity index (χ4n) is 2.92. The van der Waals surface area contributed by atoms with Gasteiger partial charge in [-0.3, -0.25) is 4.79 Å². The van der Waals surface area contributed by atoms with Crippen LogP contribution in [0.3, 0.4) is 0 Å². The lowest BCUT2D eigenvalue weighted by molar-refractivity contribution is -0.149. The van der Waals surface area contributed by atoms with Gasteiger partial charge in [0.25, 0.3) is 5.91 Å². The first-order valence-electron chi connectivity index (χ1n) is 9.14. The van der Waals surface area contributed by atoms with Crippen LogP contribution in [0.1, 0.15) is 5.69 Å². The van der Waals surface area contributed by atoms with E-state index in [1.54, 1.807) is 30.3 Å². The van der Waals surface area contributed by atoms with Gasteiger partial charge < -0.3 is 24.3 Å². The number of halogens is 2. The van der Waals surface area contributed by atoms with Gasteiger partial charge in [0.2, 0.25) is 6.79 Å². The summed E-state index contributed by atoms with van der Waals surface area (Å²) in [5.41, 5.74) is 1.66. The fraction of sp³-hybridized carbons (Fsp3) is 0.190. The molecule has 0 spiro atoms. The standard InChI is InChI=1S/C21H16Cl2N2O6/c1-11-2-4-13-14(22)7-15(23)21(20(13)24-11)29-9-19(27)28-8-18(26)25-12-3-5-16-17(6-12)31-10-30-16/h2-7H,8-10H2,1H3,(H,25,26). The average molecular weight is 463 g/mol. The SMILES string of the molecule is Cc1ccc2c(Cl)cc(Cl)c(OCC(=O)OCC(=O)Nc3ccc4c(c3)OCO4)c2n1. The Morgan fingerprint density at radius 1 is 1.06 bits per heavy atom. The number of ether oxygens (including phenoxy) is 4. The summed E-state index contributed by atoms with van der Waals surface area (Å²) < 4.78 is 21.0. The third kappa shape index (κ3) is 4.76. The quantitative estimate of drug-likeness (QED) is 0.549. The van der Waals surface area contributed by atoms with Gasteiger partial charge in [-0.25, -0.2) is 9.78 Å². The number of anilines is 1. The molecule has 1 N–H and O–H groups in total. The number of esters is 1. The molecule has 2 aromatic carbocycles. The Balaban J connectivity index is 1.33. The number of carbonyl (C=O) groups is 2. The highest BCUT2D eigenvalue weighted by Crippen LogP contribution is 2.37. The number of aromatic nitrogens is 1. The van der Waals surface area contributed by atoms with Gasteiger partial charge in [-0.2, -0.15) is 0 Å². The molecule has 0 atom stereocenters. The van der Waals surface area contributed by atoms with Crippen LogP contribution in [0.4, 0.5) is 5.69 Å². The number of hydrogen-bond donors (Lipinski definition) is 1. The number of nitrogens with one attached hydrogen (secondary N) is 1. The van der Waals surface area contributed by atoms with Crippen molar-refractivity contribution < 1.29 is 28.5 Å². The summed E-state index contributed by atoms with van der Waals surface area (Å²) in [6, 6.07) is 10.1. The number of pyridine rings is 1. The van der Waals surface area contributed by atoms with Crippen LogP contribution >= 0.6 is 23.2 Å². The van der Waals surface area contributed by atoms with Crippen LogP contribution in [0.5, 0.6) is 17.2 Å². The number of aryl methyl sites for hydroxylation is 1. The van der Waals surface area contributed by atoms with E-state index in [2.05, 4.69) is 10.3 Å². The van der Waals surface area contributed by atoms with E-state index in [0.29, 0.717) is 33.1 Å². The van der Waals surface area contributed by atoms with Gasteiger partial charge in [0.1, 0.15) is 5.52 Å². The lowest BCUT2D eigenvalue weighted by Crippen LogP contribution is -2.23. The highest BCUT2D eigenvalue weighted by Gasteiger charge is 2.17. The van der Waals surface area contributed by atoms with Crippen LogP contribution in [0.15, 0.2) is 36.4 Å². The van der Waals surface area contributed by atoms with Crippen LogP contribution < -0.4 is 19.5 Å². The van der Waals surface area contributed by atoms with E-state index >= 15 is 0 Å². The highest BCUT2D eigenvalue weighted by atomic mass is 35.5. The van der Waals surface area contributed by atoms with Crippen LogP contribution in [0.25, 0.3) is 10.9 Å². The van der Waals surface area contributed by atoms with Gasteiger partial charge in [0, 0.05) is 22.8 Å². The molecule has 0 aliphatic carbocycles. The summed E-state index contributed by atoms with van der Waals surface area (Å²) in [6.07, 6.45) is 0. The van der Waals surface area contributed by atoms with Crippen LogP contribution in [0.2, 0.25) is 10.0 Å². The molecule has 160 valence electrons. The minimum atomic E-state index is -0.743. The van der Waals surface area contributed by atoms with Crippen molar-refractivity contribution in [3.8, 4) is 17.2 Å². The summed E-state index contributed by atoms with van der Waals surface area (Å²) in [4.78, 5) is 28.5. The Morgan fingerprint density at radius 2 is 1.87 bits per heavy atom. The molecule has 0 saturated heterocycles. The maximum absolute atomic E-state index is 12.1. The Kier molecular flexibility index (Phi) is 6.01. The molecule has 1 aliphatic rings. The van der Waals surface area contributed by atoms with E-state index in [0.717, 1.165) is 5.69 Å². The monoisotopic (exact) mass is 462 g/mol. The van der Waals surface area contributed by atoms with Crippen molar-refractivity contribution in [2.75, 3.05) is 25.3 Å². The van der Waals surface area contributed by atoms with Crippen molar-refractivity contribution in [2.24, 2.45) is 0 Å². The van der Waals surface area contributed by atoms with Crippen molar-refractivity contribution >= 4 is 51.7 Å². The molecule has 8 nitrogen and oxygen atoms in total. The maximum Gasteiger partial charge on any atom is 0.344 e. The lowest BCUT2D eigenvalue weighted by Gasteiger charge is -2.12.